The monoisotopic (exact) mass is 278 g/mol. The second kappa shape index (κ2) is 7.06. The highest BCUT2D eigenvalue weighted by Gasteiger charge is 2.11. The second-order valence-electron chi connectivity index (χ2n) is 5.63. The molecule has 0 bridgehead atoms. The number of aromatic nitrogens is 1. The fourth-order valence-corrected chi connectivity index (χ4v) is 2.32. The van der Waals surface area contributed by atoms with E-state index in [2.05, 4.69) is 54.9 Å². The Morgan fingerprint density at radius 1 is 1.24 bits per heavy atom. The van der Waals surface area contributed by atoms with Crippen LogP contribution in [-0.2, 0) is 13.0 Å². The third-order valence-electron chi connectivity index (χ3n) is 3.78. The zero-order valence-electron chi connectivity index (χ0n) is 13.0. The summed E-state index contributed by atoms with van der Waals surface area (Å²) in [5.41, 5.74) is 4.62. The normalized spacial score (nSPS) is 12.1. The summed E-state index contributed by atoms with van der Waals surface area (Å²) in [6.07, 6.45) is 8.22. The zero-order valence-corrected chi connectivity index (χ0v) is 13.0. The van der Waals surface area contributed by atoms with Crippen LogP contribution in [0, 0.1) is 19.3 Å². The van der Waals surface area contributed by atoms with Crippen LogP contribution in [0.2, 0.25) is 0 Å². The van der Waals surface area contributed by atoms with E-state index >= 15 is 0 Å². The van der Waals surface area contributed by atoms with Gasteiger partial charge in [0.05, 0.1) is 0 Å². The van der Waals surface area contributed by atoms with Crippen LogP contribution in [0.3, 0.4) is 0 Å². The minimum Gasteiger partial charge on any atom is -0.299 e. The molecule has 0 aliphatic rings. The van der Waals surface area contributed by atoms with Gasteiger partial charge in [-0.15, -0.1) is 6.42 Å². The summed E-state index contributed by atoms with van der Waals surface area (Å²) in [6, 6.07) is 12.8. The molecule has 0 fully saturated rings. The van der Waals surface area contributed by atoms with Gasteiger partial charge in [-0.2, -0.15) is 0 Å². The molecule has 0 radical (unpaired) electrons. The summed E-state index contributed by atoms with van der Waals surface area (Å²) >= 11 is 0. The zero-order chi connectivity index (χ0) is 15.2. The standard InChI is InChI=1S/C19H22N2/c1-5-17-6-8-18(9-7-17)14-21(4)16(3)13-19-12-15(2)10-11-20-19/h1,6-12,16H,13-14H2,2-4H3. The topological polar surface area (TPSA) is 16.1 Å². The third kappa shape index (κ3) is 4.44. The molecule has 2 rings (SSSR count). The summed E-state index contributed by atoms with van der Waals surface area (Å²) in [5, 5.41) is 0. The molecule has 0 aliphatic carbocycles. The smallest absolute Gasteiger partial charge is 0.0421 e. The van der Waals surface area contributed by atoms with E-state index in [1.54, 1.807) is 0 Å². The molecule has 0 amide bonds. The lowest BCUT2D eigenvalue weighted by atomic mass is 10.1. The van der Waals surface area contributed by atoms with E-state index in [4.69, 9.17) is 6.42 Å². The first kappa shape index (κ1) is 15.3. The fourth-order valence-electron chi connectivity index (χ4n) is 2.32. The molecule has 1 heterocycles. The summed E-state index contributed by atoms with van der Waals surface area (Å²) < 4.78 is 0. The third-order valence-corrected chi connectivity index (χ3v) is 3.78. The minimum absolute atomic E-state index is 0.437. The number of hydrogen-bond donors (Lipinski definition) is 0. The predicted molar refractivity (Wildman–Crippen MR) is 88.0 cm³/mol. The molecule has 108 valence electrons. The Bertz CT molecular complexity index is 623. The lowest BCUT2D eigenvalue weighted by molar-refractivity contribution is 0.247. The van der Waals surface area contributed by atoms with Crippen LogP contribution in [0.4, 0.5) is 0 Å². The Kier molecular flexibility index (Phi) is 5.14. The van der Waals surface area contributed by atoms with E-state index in [9.17, 15) is 0 Å². The van der Waals surface area contributed by atoms with Gasteiger partial charge in [0.15, 0.2) is 0 Å². The summed E-state index contributed by atoms with van der Waals surface area (Å²) in [5.74, 6) is 2.65. The average Bonchev–Trinajstić information content (AvgIpc) is 2.48. The maximum atomic E-state index is 5.38. The summed E-state index contributed by atoms with van der Waals surface area (Å²) in [4.78, 5) is 6.78. The van der Waals surface area contributed by atoms with Gasteiger partial charge in [-0.25, -0.2) is 0 Å². The van der Waals surface area contributed by atoms with Crippen molar-refractivity contribution in [2.75, 3.05) is 7.05 Å². The number of terminal acetylenes is 1. The summed E-state index contributed by atoms with van der Waals surface area (Å²) in [6.45, 7) is 5.25. The molecule has 2 heteroatoms. The van der Waals surface area contributed by atoms with Crippen molar-refractivity contribution in [1.29, 1.82) is 0 Å². The van der Waals surface area contributed by atoms with Crippen molar-refractivity contribution < 1.29 is 0 Å². The van der Waals surface area contributed by atoms with Gasteiger partial charge in [0, 0.05) is 36.5 Å². The van der Waals surface area contributed by atoms with Crippen LogP contribution in [0.5, 0.6) is 0 Å². The van der Waals surface area contributed by atoms with Gasteiger partial charge < -0.3 is 0 Å². The number of rotatable bonds is 5. The first-order valence-electron chi connectivity index (χ1n) is 7.26. The highest BCUT2D eigenvalue weighted by molar-refractivity contribution is 5.34. The van der Waals surface area contributed by atoms with Gasteiger partial charge >= 0.3 is 0 Å². The predicted octanol–water partition coefficient (Wildman–Crippen LogP) is 3.43. The molecule has 0 aliphatic heterocycles. The van der Waals surface area contributed by atoms with E-state index in [1.165, 1.54) is 11.1 Å². The highest BCUT2D eigenvalue weighted by Crippen LogP contribution is 2.11. The molecule has 1 aromatic heterocycles. The van der Waals surface area contributed by atoms with E-state index in [0.29, 0.717) is 6.04 Å². The van der Waals surface area contributed by atoms with Crippen molar-refractivity contribution in [2.45, 2.75) is 32.9 Å². The van der Waals surface area contributed by atoms with E-state index < -0.39 is 0 Å². The summed E-state index contributed by atoms with van der Waals surface area (Å²) in [7, 11) is 2.15. The Labute approximate surface area is 127 Å². The molecule has 0 saturated heterocycles. The van der Waals surface area contributed by atoms with E-state index in [1.807, 2.05) is 24.4 Å². The van der Waals surface area contributed by atoms with Crippen molar-refractivity contribution in [3.63, 3.8) is 0 Å². The molecule has 21 heavy (non-hydrogen) atoms. The minimum atomic E-state index is 0.437. The first-order chi connectivity index (χ1) is 10.1. The maximum Gasteiger partial charge on any atom is 0.0421 e. The molecule has 2 aromatic rings. The Morgan fingerprint density at radius 2 is 1.95 bits per heavy atom. The molecule has 0 N–H and O–H groups in total. The SMILES string of the molecule is C#Cc1ccc(CN(C)C(C)Cc2cc(C)ccn2)cc1. The fraction of sp³-hybridized carbons (Fsp3) is 0.316. The number of benzene rings is 1. The second-order valence-corrected chi connectivity index (χ2v) is 5.63. The van der Waals surface area contributed by atoms with Crippen LogP contribution in [0.1, 0.15) is 29.3 Å². The molecule has 0 spiro atoms. The van der Waals surface area contributed by atoms with E-state index in [-0.39, 0.29) is 0 Å². The lowest BCUT2D eigenvalue weighted by Gasteiger charge is -2.24. The molecule has 0 saturated carbocycles. The maximum absolute atomic E-state index is 5.38. The molecular weight excluding hydrogens is 256 g/mol. The van der Waals surface area contributed by atoms with Gasteiger partial charge in [-0.3, -0.25) is 9.88 Å². The average molecular weight is 278 g/mol. The van der Waals surface area contributed by atoms with Crippen molar-refractivity contribution >= 4 is 0 Å². The molecule has 1 unspecified atom stereocenters. The first-order valence-corrected chi connectivity index (χ1v) is 7.26. The van der Waals surface area contributed by atoms with Gasteiger partial charge in [0.1, 0.15) is 0 Å². The van der Waals surface area contributed by atoms with Gasteiger partial charge in [0.25, 0.3) is 0 Å². The Balaban J connectivity index is 1.95. The number of aryl methyl sites for hydroxylation is 1. The van der Waals surface area contributed by atoms with Crippen LogP contribution in [0.25, 0.3) is 0 Å². The van der Waals surface area contributed by atoms with Crippen molar-refractivity contribution in [3.05, 3.63) is 65.0 Å². The number of pyridine rings is 1. The van der Waals surface area contributed by atoms with Crippen molar-refractivity contribution in [3.8, 4) is 12.3 Å². The largest absolute Gasteiger partial charge is 0.299 e. The highest BCUT2D eigenvalue weighted by atomic mass is 15.1. The van der Waals surface area contributed by atoms with Gasteiger partial charge in [-0.1, -0.05) is 18.1 Å². The van der Waals surface area contributed by atoms with Gasteiger partial charge in [0.2, 0.25) is 0 Å². The van der Waals surface area contributed by atoms with Crippen LogP contribution in [-0.4, -0.2) is 23.0 Å². The lowest BCUT2D eigenvalue weighted by Crippen LogP contribution is -2.30. The molecule has 2 nitrogen and oxygen atoms in total. The number of nitrogens with zero attached hydrogens (tertiary/aromatic N) is 2. The molecular formula is C19H22N2. The Hall–Kier alpha value is -2.11. The van der Waals surface area contributed by atoms with Crippen molar-refractivity contribution in [1.82, 2.24) is 9.88 Å². The Morgan fingerprint density at radius 3 is 2.57 bits per heavy atom. The molecule has 1 aromatic carbocycles. The quantitative estimate of drug-likeness (QED) is 0.779. The van der Waals surface area contributed by atoms with Crippen LogP contribution >= 0.6 is 0 Å². The van der Waals surface area contributed by atoms with E-state index in [0.717, 1.165) is 24.2 Å². The van der Waals surface area contributed by atoms with Crippen LogP contribution in [0.15, 0.2) is 42.6 Å². The van der Waals surface area contributed by atoms with Gasteiger partial charge in [-0.05, 0) is 56.3 Å². The van der Waals surface area contributed by atoms with Crippen LogP contribution < -0.4 is 0 Å². The van der Waals surface area contributed by atoms with Crippen molar-refractivity contribution in [2.24, 2.45) is 0 Å². The molecule has 1 atom stereocenters. The number of hydrogen-bond acceptors (Lipinski definition) is 2. The number of likely N-dealkylation sites (N-methyl/N-ethyl adjacent to an activating group) is 1.